The van der Waals surface area contributed by atoms with E-state index in [0.29, 0.717) is 30.3 Å². The van der Waals surface area contributed by atoms with Crippen molar-refractivity contribution in [2.45, 2.75) is 75.7 Å². The average molecular weight is 466 g/mol. The molecule has 0 bridgehead atoms. The van der Waals surface area contributed by atoms with Crippen molar-refractivity contribution >= 4 is 11.8 Å². The fourth-order valence-electron chi connectivity index (χ4n) is 6.07. The SMILES string of the molecule is C[C@]12CC[C@H]3C(=CCc4cc(O[C@@H]5O[C@H](C(=O)[O-])[C@@H](O)[C@H](O)[C@H]5O)ccc43)[C@@H]1CCC2=O.[Na+]. The molecule has 3 fully saturated rings. The fourth-order valence-corrected chi connectivity index (χ4v) is 6.07. The summed E-state index contributed by atoms with van der Waals surface area (Å²) in [5.74, 6) is -0.382. The van der Waals surface area contributed by atoms with Gasteiger partial charge in [-0.25, -0.2) is 0 Å². The standard InChI is InChI=1S/C24H28O8.Na/c1-24-9-8-14-13-5-3-12(10-11(13)2-4-15(14)16(24)6-7-17(24)25)31-23-20(28)18(26)19(27)21(32-23)22(29)30;/h3-5,10,14,16,18-21,23,26-28H,2,6-9H2,1H3,(H,29,30);/q;+1/p-1/t14-,16+,18+,19+,20-,21+,23-,24+;/m1./s1. The van der Waals surface area contributed by atoms with Gasteiger partial charge in [-0.05, 0) is 54.9 Å². The molecule has 3 aliphatic carbocycles. The van der Waals surface area contributed by atoms with Crippen LogP contribution < -0.4 is 39.4 Å². The molecule has 1 aromatic rings. The summed E-state index contributed by atoms with van der Waals surface area (Å²) in [5.41, 5.74) is 3.39. The van der Waals surface area contributed by atoms with Crippen molar-refractivity contribution in [3.63, 3.8) is 0 Å². The van der Waals surface area contributed by atoms with E-state index in [1.807, 2.05) is 12.1 Å². The van der Waals surface area contributed by atoms with Crippen molar-refractivity contribution in [2.75, 3.05) is 0 Å². The van der Waals surface area contributed by atoms with E-state index in [4.69, 9.17) is 9.47 Å². The molecule has 1 aromatic carbocycles. The molecular weight excluding hydrogens is 439 g/mol. The molecule has 0 spiro atoms. The smallest absolute Gasteiger partial charge is 0.547 e. The molecule has 8 nitrogen and oxygen atoms in total. The number of aliphatic hydroxyl groups excluding tert-OH is 3. The van der Waals surface area contributed by atoms with E-state index in [9.17, 15) is 30.0 Å². The van der Waals surface area contributed by atoms with E-state index in [1.54, 1.807) is 6.07 Å². The molecule has 5 rings (SSSR count). The largest absolute Gasteiger partial charge is 1.00 e. The molecule has 33 heavy (non-hydrogen) atoms. The van der Waals surface area contributed by atoms with Gasteiger partial charge < -0.3 is 34.7 Å². The van der Waals surface area contributed by atoms with E-state index in [2.05, 4.69) is 13.0 Å². The number of benzene rings is 1. The van der Waals surface area contributed by atoms with Gasteiger partial charge in [0.25, 0.3) is 0 Å². The number of carboxylic acids is 1. The first-order valence-electron chi connectivity index (χ1n) is 11.1. The van der Waals surface area contributed by atoms with Crippen LogP contribution in [0.4, 0.5) is 0 Å². The molecule has 0 aromatic heterocycles. The number of hydrogen-bond donors (Lipinski definition) is 3. The van der Waals surface area contributed by atoms with Gasteiger partial charge in [0.2, 0.25) is 6.29 Å². The summed E-state index contributed by atoms with van der Waals surface area (Å²) in [5, 5.41) is 41.1. The van der Waals surface area contributed by atoms with Gasteiger partial charge in [-0.2, -0.15) is 0 Å². The number of carboxylic acid groups (broad SMARTS) is 1. The molecular formula is C24H27NaO8. The topological polar surface area (TPSA) is 136 Å². The normalized spacial score (nSPS) is 39.5. The number of fused-ring (bicyclic) bond motifs is 5. The number of ketones is 1. The van der Waals surface area contributed by atoms with Crippen molar-refractivity contribution in [3.05, 3.63) is 41.0 Å². The van der Waals surface area contributed by atoms with E-state index >= 15 is 0 Å². The minimum Gasteiger partial charge on any atom is -0.547 e. The maximum Gasteiger partial charge on any atom is 1.00 e. The van der Waals surface area contributed by atoms with Crippen LogP contribution in [-0.4, -0.2) is 57.8 Å². The van der Waals surface area contributed by atoms with Crippen LogP contribution in [0.3, 0.4) is 0 Å². The van der Waals surface area contributed by atoms with E-state index in [-0.39, 0.29) is 40.9 Å². The van der Waals surface area contributed by atoms with E-state index in [1.165, 1.54) is 11.1 Å². The second kappa shape index (κ2) is 9.07. The summed E-state index contributed by atoms with van der Waals surface area (Å²) in [4.78, 5) is 23.7. The molecule has 172 valence electrons. The van der Waals surface area contributed by atoms with Crippen LogP contribution in [0.15, 0.2) is 29.8 Å². The minimum atomic E-state index is -1.82. The van der Waals surface area contributed by atoms with Gasteiger partial charge >= 0.3 is 29.6 Å². The number of carbonyl (C=O) groups is 2. The first-order chi connectivity index (χ1) is 15.2. The first kappa shape index (κ1) is 24.9. The molecule has 0 amide bonds. The van der Waals surface area contributed by atoms with Crippen molar-refractivity contribution in [3.8, 4) is 5.75 Å². The van der Waals surface area contributed by atoms with Crippen molar-refractivity contribution in [2.24, 2.45) is 11.3 Å². The van der Waals surface area contributed by atoms with Crippen LogP contribution in [0.25, 0.3) is 0 Å². The molecule has 1 aliphatic heterocycles. The Hall–Kier alpha value is -1.26. The Bertz CT molecular complexity index is 993. The van der Waals surface area contributed by atoms with Gasteiger partial charge in [0, 0.05) is 17.8 Å². The summed E-state index contributed by atoms with van der Waals surface area (Å²) in [6.45, 7) is 2.11. The van der Waals surface area contributed by atoms with Crippen molar-refractivity contribution in [1.82, 2.24) is 0 Å². The van der Waals surface area contributed by atoms with E-state index in [0.717, 1.165) is 24.8 Å². The van der Waals surface area contributed by atoms with Crippen molar-refractivity contribution in [1.29, 1.82) is 0 Å². The molecule has 0 radical (unpaired) electrons. The van der Waals surface area contributed by atoms with Crippen LogP contribution in [-0.2, 0) is 20.7 Å². The van der Waals surface area contributed by atoms with Gasteiger partial charge in [-0.15, -0.1) is 0 Å². The quantitative estimate of drug-likeness (QED) is 0.316. The molecule has 3 N–H and O–H groups in total. The maximum atomic E-state index is 12.5. The van der Waals surface area contributed by atoms with Crippen LogP contribution in [0, 0.1) is 11.3 Å². The fraction of sp³-hybridized carbons (Fsp3) is 0.583. The maximum absolute atomic E-state index is 12.5. The number of allylic oxidation sites excluding steroid dienone is 2. The number of aliphatic carboxylic acids is 1. The molecule has 9 heteroatoms. The third kappa shape index (κ3) is 3.99. The van der Waals surface area contributed by atoms with Gasteiger partial charge in [0.05, 0.1) is 5.97 Å². The van der Waals surface area contributed by atoms with Crippen molar-refractivity contribution < 1.29 is 69.0 Å². The summed E-state index contributed by atoms with van der Waals surface area (Å²) < 4.78 is 10.8. The summed E-state index contributed by atoms with van der Waals surface area (Å²) in [6, 6.07) is 5.53. The summed E-state index contributed by atoms with van der Waals surface area (Å²) in [6.07, 6.45) is -2.18. The van der Waals surface area contributed by atoms with Gasteiger partial charge in [0.15, 0.2) is 0 Å². The van der Waals surface area contributed by atoms with Crippen LogP contribution in [0.2, 0.25) is 0 Å². The second-order valence-corrected chi connectivity index (χ2v) is 9.63. The zero-order chi connectivity index (χ0) is 22.8. The number of rotatable bonds is 3. The van der Waals surface area contributed by atoms with E-state index < -0.39 is 36.7 Å². The monoisotopic (exact) mass is 466 g/mol. The van der Waals surface area contributed by atoms with Crippen LogP contribution in [0.1, 0.15) is 49.7 Å². The Labute approximate surface area is 213 Å². The Kier molecular flexibility index (Phi) is 6.83. The third-order valence-electron chi connectivity index (χ3n) is 7.92. The summed E-state index contributed by atoms with van der Waals surface area (Å²) in [7, 11) is 0. The molecule has 8 atom stereocenters. The third-order valence-corrected chi connectivity index (χ3v) is 7.92. The zero-order valence-electron chi connectivity index (χ0n) is 18.8. The predicted octanol–water partition coefficient (Wildman–Crippen LogP) is -3.03. The van der Waals surface area contributed by atoms with Crippen LogP contribution >= 0.6 is 0 Å². The molecule has 2 saturated carbocycles. The number of carbonyl (C=O) groups excluding carboxylic acids is 2. The van der Waals surface area contributed by atoms with Gasteiger partial charge in [0.1, 0.15) is 35.9 Å². The van der Waals surface area contributed by atoms with Gasteiger partial charge in [-0.3, -0.25) is 4.79 Å². The minimum absolute atomic E-state index is 0. The van der Waals surface area contributed by atoms with Gasteiger partial charge in [-0.1, -0.05) is 24.6 Å². The average Bonchev–Trinajstić information content (AvgIpc) is 3.08. The Morgan fingerprint density at radius 1 is 1.18 bits per heavy atom. The van der Waals surface area contributed by atoms with Crippen LogP contribution in [0.5, 0.6) is 5.75 Å². The molecule has 4 aliphatic rings. The Balaban J connectivity index is 0.00000259. The number of hydrogen-bond acceptors (Lipinski definition) is 8. The second-order valence-electron chi connectivity index (χ2n) is 9.63. The number of Topliss-reactive ketones (excluding diaryl/α,β-unsaturated/α-hetero) is 1. The summed E-state index contributed by atoms with van der Waals surface area (Å²) >= 11 is 0. The molecule has 1 saturated heterocycles. The predicted molar refractivity (Wildman–Crippen MR) is 108 cm³/mol. The Morgan fingerprint density at radius 2 is 1.94 bits per heavy atom. The molecule has 0 unspecified atom stereocenters. The molecule has 1 heterocycles. The number of aliphatic hydroxyl groups is 3. The zero-order valence-corrected chi connectivity index (χ0v) is 20.8. The number of ether oxygens (including phenoxy) is 2. The first-order valence-corrected chi connectivity index (χ1v) is 11.1. The Morgan fingerprint density at radius 3 is 2.67 bits per heavy atom.